The van der Waals surface area contributed by atoms with E-state index in [0.717, 1.165) is 17.4 Å². The molecule has 0 unspecified atom stereocenters. The van der Waals surface area contributed by atoms with Crippen molar-refractivity contribution in [3.8, 4) is 0 Å². The lowest BCUT2D eigenvalue weighted by atomic mass is 10.0. The average molecular weight is 202 g/mol. The Kier molecular flexibility index (Phi) is 2.35. The zero-order valence-electron chi connectivity index (χ0n) is 9.26. The molecule has 0 bridgehead atoms. The summed E-state index contributed by atoms with van der Waals surface area (Å²) in [7, 11) is 0. The second-order valence-corrected chi connectivity index (χ2v) is 3.88. The Labute approximate surface area is 88.5 Å². The Morgan fingerprint density at radius 2 is 1.87 bits per heavy atom. The summed E-state index contributed by atoms with van der Waals surface area (Å²) in [6, 6.07) is 5.60. The van der Waals surface area contributed by atoms with Gasteiger partial charge in [-0.25, -0.2) is 4.79 Å². The molecule has 2 heteroatoms. The third-order valence-electron chi connectivity index (χ3n) is 2.79. The molecule has 78 valence electrons. The van der Waals surface area contributed by atoms with E-state index in [1.54, 1.807) is 0 Å². The highest BCUT2D eigenvalue weighted by Gasteiger charge is 2.05. The molecule has 1 heterocycles. The molecule has 0 saturated carbocycles. The van der Waals surface area contributed by atoms with Gasteiger partial charge < -0.3 is 4.42 Å². The Balaban J connectivity index is 2.87. The van der Waals surface area contributed by atoms with E-state index in [-0.39, 0.29) is 5.63 Å². The second-order valence-electron chi connectivity index (χ2n) is 3.88. The van der Waals surface area contributed by atoms with E-state index in [2.05, 4.69) is 13.0 Å². The predicted octanol–water partition coefficient (Wildman–Crippen LogP) is 2.97. The van der Waals surface area contributed by atoms with E-state index in [1.165, 1.54) is 17.2 Å². The van der Waals surface area contributed by atoms with E-state index in [4.69, 9.17) is 4.42 Å². The zero-order chi connectivity index (χ0) is 11.0. The van der Waals surface area contributed by atoms with Crippen LogP contribution in [0.4, 0.5) is 0 Å². The monoisotopic (exact) mass is 202 g/mol. The normalized spacial score (nSPS) is 10.9. The zero-order valence-corrected chi connectivity index (χ0v) is 9.26. The molecule has 0 aliphatic heterocycles. The van der Waals surface area contributed by atoms with Crippen molar-refractivity contribution in [1.29, 1.82) is 0 Å². The molecule has 2 aromatic rings. The number of aryl methyl sites for hydroxylation is 3. The SMILES string of the molecule is CCc1cc2c(C)cc(=O)oc2cc1C. The number of rotatable bonds is 1. The van der Waals surface area contributed by atoms with Crippen molar-refractivity contribution in [2.75, 3.05) is 0 Å². The van der Waals surface area contributed by atoms with E-state index in [1.807, 2.05) is 19.9 Å². The molecule has 0 radical (unpaired) electrons. The molecule has 1 aromatic carbocycles. The van der Waals surface area contributed by atoms with Crippen LogP contribution in [0, 0.1) is 13.8 Å². The lowest BCUT2D eigenvalue weighted by Gasteiger charge is -2.06. The summed E-state index contributed by atoms with van der Waals surface area (Å²) in [4.78, 5) is 11.2. The quantitative estimate of drug-likeness (QED) is 0.665. The summed E-state index contributed by atoms with van der Waals surface area (Å²) in [5, 5.41) is 1.04. The van der Waals surface area contributed by atoms with E-state index in [0.29, 0.717) is 5.58 Å². The van der Waals surface area contributed by atoms with Crippen molar-refractivity contribution >= 4 is 11.0 Å². The maximum Gasteiger partial charge on any atom is 0.336 e. The summed E-state index contributed by atoms with van der Waals surface area (Å²) < 4.78 is 5.17. The molecule has 0 fully saturated rings. The van der Waals surface area contributed by atoms with Gasteiger partial charge in [0.1, 0.15) is 5.58 Å². The molecule has 0 aliphatic rings. The summed E-state index contributed by atoms with van der Waals surface area (Å²) in [5.74, 6) is 0. The van der Waals surface area contributed by atoms with Crippen molar-refractivity contribution < 1.29 is 4.42 Å². The molecule has 15 heavy (non-hydrogen) atoms. The number of fused-ring (bicyclic) bond motifs is 1. The lowest BCUT2D eigenvalue weighted by Crippen LogP contribution is -1.99. The van der Waals surface area contributed by atoms with Gasteiger partial charge in [-0.3, -0.25) is 0 Å². The summed E-state index contributed by atoms with van der Waals surface area (Å²) in [5.41, 5.74) is 3.88. The van der Waals surface area contributed by atoms with Crippen molar-refractivity contribution in [2.45, 2.75) is 27.2 Å². The van der Waals surface area contributed by atoms with Crippen LogP contribution in [0.5, 0.6) is 0 Å². The first-order chi connectivity index (χ1) is 7.11. The minimum absolute atomic E-state index is 0.274. The Morgan fingerprint density at radius 1 is 1.13 bits per heavy atom. The highest BCUT2D eigenvalue weighted by Crippen LogP contribution is 2.21. The van der Waals surface area contributed by atoms with Crippen molar-refractivity contribution in [2.24, 2.45) is 0 Å². The maximum atomic E-state index is 11.2. The van der Waals surface area contributed by atoms with E-state index < -0.39 is 0 Å². The smallest absolute Gasteiger partial charge is 0.336 e. The molecule has 0 N–H and O–H groups in total. The third kappa shape index (κ3) is 1.67. The van der Waals surface area contributed by atoms with Gasteiger partial charge in [-0.1, -0.05) is 6.92 Å². The molecule has 1 aromatic heterocycles. The fourth-order valence-electron chi connectivity index (χ4n) is 1.89. The summed E-state index contributed by atoms with van der Waals surface area (Å²) in [6.07, 6.45) is 1.00. The predicted molar refractivity (Wildman–Crippen MR) is 61.3 cm³/mol. The molecule has 2 nitrogen and oxygen atoms in total. The minimum Gasteiger partial charge on any atom is -0.423 e. The molecule has 0 aliphatic carbocycles. The van der Waals surface area contributed by atoms with Gasteiger partial charge >= 0.3 is 5.63 Å². The molecule has 0 amide bonds. The lowest BCUT2D eigenvalue weighted by molar-refractivity contribution is 0.559. The first-order valence-electron chi connectivity index (χ1n) is 5.16. The van der Waals surface area contributed by atoms with Crippen molar-refractivity contribution in [1.82, 2.24) is 0 Å². The van der Waals surface area contributed by atoms with Crippen LogP contribution >= 0.6 is 0 Å². The van der Waals surface area contributed by atoms with Gasteiger partial charge in [0.2, 0.25) is 0 Å². The minimum atomic E-state index is -0.274. The molecule has 0 spiro atoms. The van der Waals surface area contributed by atoms with Crippen LogP contribution < -0.4 is 5.63 Å². The van der Waals surface area contributed by atoms with Crippen LogP contribution in [-0.2, 0) is 6.42 Å². The van der Waals surface area contributed by atoms with Crippen LogP contribution in [0.1, 0.15) is 23.6 Å². The maximum absolute atomic E-state index is 11.2. The standard InChI is InChI=1S/C13H14O2/c1-4-10-7-11-9(3)6-13(14)15-12(11)5-8(10)2/h5-7H,4H2,1-3H3. The largest absolute Gasteiger partial charge is 0.423 e. The van der Waals surface area contributed by atoms with Crippen molar-refractivity contribution in [3.63, 3.8) is 0 Å². The van der Waals surface area contributed by atoms with Gasteiger partial charge in [-0.05, 0) is 49.1 Å². The Hall–Kier alpha value is -1.57. The van der Waals surface area contributed by atoms with E-state index >= 15 is 0 Å². The van der Waals surface area contributed by atoms with Crippen LogP contribution in [0.15, 0.2) is 27.4 Å². The highest BCUT2D eigenvalue weighted by molar-refractivity contribution is 5.81. The third-order valence-corrected chi connectivity index (χ3v) is 2.79. The molecular formula is C13H14O2. The first-order valence-corrected chi connectivity index (χ1v) is 5.16. The van der Waals surface area contributed by atoms with Gasteiger partial charge in [0.15, 0.2) is 0 Å². The van der Waals surface area contributed by atoms with Gasteiger partial charge in [0, 0.05) is 11.5 Å². The Bertz CT molecular complexity index is 564. The van der Waals surface area contributed by atoms with Crippen LogP contribution in [0.25, 0.3) is 11.0 Å². The van der Waals surface area contributed by atoms with Crippen LogP contribution in [-0.4, -0.2) is 0 Å². The van der Waals surface area contributed by atoms with Crippen LogP contribution in [0.3, 0.4) is 0 Å². The van der Waals surface area contributed by atoms with Crippen molar-refractivity contribution in [3.05, 3.63) is 45.3 Å². The number of benzene rings is 1. The first kappa shape index (κ1) is 9.97. The van der Waals surface area contributed by atoms with Gasteiger partial charge in [-0.15, -0.1) is 0 Å². The molecule has 2 rings (SSSR count). The fraction of sp³-hybridized carbons (Fsp3) is 0.308. The molecule has 0 saturated heterocycles. The van der Waals surface area contributed by atoms with E-state index in [9.17, 15) is 4.79 Å². The summed E-state index contributed by atoms with van der Waals surface area (Å²) >= 11 is 0. The second kappa shape index (κ2) is 3.54. The van der Waals surface area contributed by atoms with Crippen LogP contribution in [0.2, 0.25) is 0 Å². The average Bonchev–Trinajstić information content (AvgIpc) is 2.16. The molecule has 0 atom stereocenters. The molecular weight excluding hydrogens is 188 g/mol. The Morgan fingerprint density at radius 3 is 2.53 bits per heavy atom. The van der Waals surface area contributed by atoms with Gasteiger partial charge in [-0.2, -0.15) is 0 Å². The van der Waals surface area contributed by atoms with Gasteiger partial charge in [0.25, 0.3) is 0 Å². The number of hydrogen-bond donors (Lipinski definition) is 0. The van der Waals surface area contributed by atoms with Gasteiger partial charge in [0.05, 0.1) is 0 Å². The highest BCUT2D eigenvalue weighted by atomic mass is 16.4. The number of hydrogen-bond acceptors (Lipinski definition) is 2. The fourth-order valence-corrected chi connectivity index (χ4v) is 1.89. The summed E-state index contributed by atoms with van der Waals surface area (Å²) in [6.45, 7) is 6.11. The topological polar surface area (TPSA) is 30.2 Å².